The Morgan fingerprint density at radius 3 is 2.48 bits per heavy atom. The highest BCUT2D eigenvalue weighted by atomic mass is 16.5. The first kappa shape index (κ1) is 18.0. The van der Waals surface area contributed by atoms with Gasteiger partial charge < -0.3 is 10.5 Å². The van der Waals surface area contributed by atoms with Gasteiger partial charge in [0.15, 0.2) is 0 Å². The van der Waals surface area contributed by atoms with E-state index in [0.29, 0.717) is 0 Å². The highest BCUT2D eigenvalue weighted by Crippen LogP contribution is 2.24. The van der Waals surface area contributed by atoms with Gasteiger partial charge in [-0.3, -0.25) is 4.98 Å². The van der Waals surface area contributed by atoms with E-state index in [9.17, 15) is 0 Å². The number of aromatic nitrogens is 1. The van der Waals surface area contributed by atoms with Gasteiger partial charge in [0.2, 0.25) is 0 Å². The first-order valence-corrected chi connectivity index (χ1v) is 8.34. The minimum Gasteiger partial charge on any atom is -0.496 e. The van der Waals surface area contributed by atoms with E-state index < -0.39 is 0 Å². The maximum absolute atomic E-state index is 6.26. The average molecular weight is 292 g/mol. The number of nitrogens with two attached hydrogens (primary N) is 1. The molecule has 3 heteroatoms. The molecule has 0 aliphatic carbocycles. The minimum absolute atomic E-state index is 0.204. The molecule has 0 aromatic carbocycles. The van der Waals surface area contributed by atoms with E-state index in [0.717, 1.165) is 35.4 Å². The number of hydrogen-bond donors (Lipinski definition) is 1. The van der Waals surface area contributed by atoms with E-state index in [2.05, 4.69) is 18.8 Å². The van der Waals surface area contributed by atoms with Crippen LogP contribution in [0.15, 0.2) is 6.20 Å². The third kappa shape index (κ3) is 6.04. The Morgan fingerprint density at radius 2 is 1.81 bits per heavy atom. The zero-order valence-electron chi connectivity index (χ0n) is 14.2. The molecule has 1 aromatic rings. The molecule has 120 valence electrons. The SMILES string of the molecule is CCCCCCCCC(N)Cc1ncc(C)c(OC)c1C. The van der Waals surface area contributed by atoms with Crippen molar-refractivity contribution in [3.8, 4) is 5.75 Å². The summed E-state index contributed by atoms with van der Waals surface area (Å²) >= 11 is 0. The van der Waals surface area contributed by atoms with E-state index in [1.807, 2.05) is 13.1 Å². The van der Waals surface area contributed by atoms with Crippen molar-refractivity contribution >= 4 is 0 Å². The fourth-order valence-corrected chi connectivity index (χ4v) is 2.81. The van der Waals surface area contributed by atoms with Crippen LogP contribution in [0.5, 0.6) is 5.75 Å². The molecule has 21 heavy (non-hydrogen) atoms. The molecule has 1 heterocycles. The number of aryl methyl sites for hydroxylation is 1. The van der Waals surface area contributed by atoms with E-state index in [-0.39, 0.29) is 6.04 Å². The molecule has 1 atom stereocenters. The zero-order valence-corrected chi connectivity index (χ0v) is 14.2. The van der Waals surface area contributed by atoms with Crippen molar-refractivity contribution in [2.24, 2.45) is 5.73 Å². The summed E-state index contributed by atoms with van der Waals surface area (Å²) in [6, 6.07) is 0.204. The highest BCUT2D eigenvalue weighted by molar-refractivity contribution is 5.41. The molecule has 1 unspecified atom stereocenters. The van der Waals surface area contributed by atoms with E-state index in [1.165, 1.54) is 38.5 Å². The van der Waals surface area contributed by atoms with Gasteiger partial charge in [-0.05, 0) is 20.3 Å². The summed E-state index contributed by atoms with van der Waals surface area (Å²) in [5, 5.41) is 0. The number of pyridine rings is 1. The second-order valence-electron chi connectivity index (χ2n) is 6.07. The molecule has 3 nitrogen and oxygen atoms in total. The molecule has 1 aromatic heterocycles. The summed E-state index contributed by atoms with van der Waals surface area (Å²) in [4.78, 5) is 4.54. The van der Waals surface area contributed by atoms with Crippen LogP contribution in [0.4, 0.5) is 0 Å². The third-order valence-corrected chi connectivity index (χ3v) is 4.13. The molecule has 0 aliphatic rings. The Bertz CT molecular complexity index is 418. The number of rotatable bonds is 10. The first-order chi connectivity index (χ1) is 10.1. The molecular formula is C18H32N2O. The van der Waals surface area contributed by atoms with Crippen LogP contribution in [-0.2, 0) is 6.42 Å². The summed E-state index contributed by atoms with van der Waals surface area (Å²) < 4.78 is 5.45. The quantitative estimate of drug-likeness (QED) is 0.653. The Hall–Kier alpha value is -1.09. The minimum atomic E-state index is 0.204. The van der Waals surface area contributed by atoms with Crippen LogP contribution in [0.2, 0.25) is 0 Å². The molecule has 2 N–H and O–H groups in total. The molecule has 0 amide bonds. The highest BCUT2D eigenvalue weighted by Gasteiger charge is 2.12. The molecule has 0 radical (unpaired) electrons. The number of ether oxygens (including phenoxy) is 1. The Kier molecular flexibility index (Phi) is 8.36. The molecule has 0 fully saturated rings. The lowest BCUT2D eigenvalue weighted by atomic mass is 10.00. The maximum atomic E-state index is 6.26. The Balaban J connectivity index is 2.39. The summed E-state index contributed by atoms with van der Waals surface area (Å²) in [6.07, 6.45) is 11.7. The summed E-state index contributed by atoms with van der Waals surface area (Å²) in [6.45, 7) is 6.35. The maximum Gasteiger partial charge on any atom is 0.128 e. The number of hydrogen-bond acceptors (Lipinski definition) is 3. The van der Waals surface area contributed by atoms with Crippen LogP contribution in [-0.4, -0.2) is 18.1 Å². The average Bonchev–Trinajstić information content (AvgIpc) is 2.46. The van der Waals surface area contributed by atoms with Gasteiger partial charge in [0.05, 0.1) is 7.11 Å². The Labute approximate surface area is 130 Å². The number of unbranched alkanes of at least 4 members (excludes halogenated alkanes) is 5. The summed E-state index contributed by atoms with van der Waals surface area (Å²) in [5.74, 6) is 0.951. The topological polar surface area (TPSA) is 48.1 Å². The van der Waals surface area contributed by atoms with Gasteiger partial charge in [0.25, 0.3) is 0 Å². The fraction of sp³-hybridized carbons (Fsp3) is 0.722. The molecule has 0 bridgehead atoms. The lowest BCUT2D eigenvalue weighted by Crippen LogP contribution is -2.23. The van der Waals surface area contributed by atoms with Gasteiger partial charge in [-0.2, -0.15) is 0 Å². The van der Waals surface area contributed by atoms with Crippen LogP contribution in [0.1, 0.15) is 68.7 Å². The number of nitrogens with zero attached hydrogens (tertiary/aromatic N) is 1. The zero-order chi connectivity index (χ0) is 15.7. The standard InChI is InChI=1S/C18H32N2O/c1-5-6-7-8-9-10-11-16(19)12-17-15(3)18(21-4)14(2)13-20-17/h13,16H,5-12,19H2,1-4H3. The molecule has 0 aliphatic heterocycles. The largest absolute Gasteiger partial charge is 0.496 e. The Morgan fingerprint density at radius 1 is 1.14 bits per heavy atom. The first-order valence-electron chi connectivity index (χ1n) is 8.34. The van der Waals surface area contributed by atoms with Gasteiger partial charge in [-0.25, -0.2) is 0 Å². The molecular weight excluding hydrogens is 260 g/mol. The molecule has 0 saturated heterocycles. The molecule has 1 rings (SSSR count). The van der Waals surface area contributed by atoms with Crippen molar-refractivity contribution in [1.82, 2.24) is 4.98 Å². The van der Waals surface area contributed by atoms with Crippen LogP contribution < -0.4 is 10.5 Å². The van der Waals surface area contributed by atoms with Crippen LogP contribution >= 0.6 is 0 Å². The lowest BCUT2D eigenvalue weighted by Gasteiger charge is -2.15. The number of methoxy groups -OCH3 is 1. The van der Waals surface area contributed by atoms with E-state index >= 15 is 0 Å². The van der Waals surface area contributed by atoms with E-state index in [4.69, 9.17) is 10.5 Å². The predicted molar refractivity (Wildman–Crippen MR) is 89.9 cm³/mol. The van der Waals surface area contributed by atoms with Crippen LogP contribution in [0.3, 0.4) is 0 Å². The summed E-state index contributed by atoms with van der Waals surface area (Å²) in [5.41, 5.74) is 9.57. The van der Waals surface area contributed by atoms with Crippen LogP contribution in [0.25, 0.3) is 0 Å². The van der Waals surface area contributed by atoms with Crippen molar-refractivity contribution < 1.29 is 4.74 Å². The second kappa shape index (κ2) is 9.78. The van der Waals surface area contributed by atoms with Crippen LogP contribution in [0, 0.1) is 13.8 Å². The normalized spacial score (nSPS) is 12.4. The smallest absolute Gasteiger partial charge is 0.128 e. The van der Waals surface area contributed by atoms with E-state index in [1.54, 1.807) is 7.11 Å². The lowest BCUT2D eigenvalue weighted by molar-refractivity contribution is 0.406. The monoisotopic (exact) mass is 292 g/mol. The molecule has 0 spiro atoms. The molecule has 0 saturated carbocycles. The van der Waals surface area contributed by atoms with Gasteiger partial charge >= 0.3 is 0 Å². The van der Waals surface area contributed by atoms with Gasteiger partial charge in [0.1, 0.15) is 5.75 Å². The fourth-order valence-electron chi connectivity index (χ4n) is 2.81. The van der Waals surface area contributed by atoms with Crippen molar-refractivity contribution in [3.05, 3.63) is 23.0 Å². The van der Waals surface area contributed by atoms with Gasteiger partial charge in [-0.15, -0.1) is 0 Å². The summed E-state index contributed by atoms with van der Waals surface area (Å²) in [7, 11) is 1.72. The van der Waals surface area contributed by atoms with Crippen molar-refractivity contribution in [2.75, 3.05) is 7.11 Å². The van der Waals surface area contributed by atoms with Crippen molar-refractivity contribution in [1.29, 1.82) is 0 Å². The van der Waals surface area contributed by atoms with Crippen molar-refractivity contribution in [2.45, 2.75) is 78.2 Å². The van der Waals surface area contributed by atoms with Gasteiger partial charge in [-0.1, -0.05) is 45.4 Å². The predicted octanol–water partition coefficient (Wildman–Crippen LogP) is 4.33. The second-order valence-corrected chi connectivity index (χ2v) is 6.07. The third-order valence-electron chi connectivity index (χ3n) is 4.13. The van der Waals surface area contributed by atoms with Crippen molar-refractivity contribution in [3.63, 3.8) is 0 Å². The van der Waals surface area contributed by atoms with Gasteiger partial charge in [0, 0.05) is 35.5 Å².